The number of hydrogen-bond donors (Lipinski definition) is 1. The zero-order valence-electron chi connectivity index (χ0n) is 20.1. The first-order valence-corrected chi connectivity index (χ1v) is 13.6. The Morgan fingerprint density at radius 2 is 1.54 bits per heavy atom. The van der Waals surface area contributed by atoms with E-state index in [9.17, 15) is 17.1 Å². The lowest BCUT2D eigenvalue weighted by Crippen LogP contribution is -2.37. The molecule has 3 aromatic carbocycles. The van der Waals surface area contributed by atoms with E-state index >= 15 is 0 Å². The third-order valence-corrected chi connectivity index (χ3v) is 7.61. The fourth-order valence-corrected chi connectivity index (χ4v) is 5.39. The smallest absolute Gasteiger partial charge is 0.332 e. The number of fused-ring (bicyclic) bond motifs is 5. The molecule has 0 radical (unpaired) electrons. The monoisotopic (exact) mass is 511 g/mol. The van der Waals surface area contributed by atoms with Crippen LogP contribution < -0.4 is 15.8 Å². The minimum Gasteiger partial charge on any atom is -0.368 e. The predicted molar refractivity (Wildman–Crippen MR) is 145 cm³/mol. The highest BCUT2D eigenvalue weighted by Crippen LogP contribution is 2.26. The lowest BCUT2D eigenvalue weighted by Gasteiger charge is -2.21. The maximum absolute atomic E-state index is 13.1. The van der Waals surface area contributed by atoms with Crippen molar-refractivity contribution in [2.75, 3.05) is 0 Å². The number of aryl methyl sites for hydroxylation is 1. The fraction of sp³-hybridized carbons (Fsp3) is 0.129. The summed E-state index contributed by atoms with van der Waals surface area (Å²) in [5, 5.41) is 5.23. The molecule has 2 aliphatic carbocycles. The van der Waals surface area contributed by atoms with Crippen molar-refractivity contribution in [3.05, 3.63) is 124 Å². The molecule has 0 saturated heterocycles. The van der Waals surface area contributed by atoms with Crippen LogP contribution in [-0.2, 0) is 23.1 Å². The van der Waals surface area contributed by atoms with Crippen molar-refractivity contribution in [3.8, 4) is 11.1 Å². The van der Waals surface area contributed by atoms with E-state index in [1.807, 2.05) is 48.8 Å². The van der Waals surface area contributed by atoms with Crippen LogP contribution in [0.4, 0.5) is 3.89 Å². The summed E-state index contributed by atoms with van der Waals surface area (Å²) in [5.41, 5.74) is 5.37. The van der Waals surface area contributed by atoms with Gasteiger partial charge in [0.25, 0.3) is 0 Å². The molecular formula is C31H26FNO3S. The third kappa shape index (κ3) is 5.39. The van der Waals surface area contributed by atoms with Crippen LogP contribution in [0.15, 0.2) is 102 Å². The number of allylic oxidation sites excluding steroid dienone is 4. The largest absolute Gasteiger partial charge is 0.368 e. The maximum atomic E-state index is 13.1. The molecule has 1 N–H and O–H groups in total. The third-order valence-electron chi connectivity index (χ3n) is 6.78. The lowest BCUT2D eigenvalue weighted by atomic mass is 9.82. The van der Waals surface area contributed by atoms with E-state index in [1.165, 1.54) is 39.6 Å². The van der Waals surface area contributed by atoms with Gasteiger partial charge in [-0.25, -0.2) is 0 Å². The molecule has 186 valence electrons. The standard InChI is InChI=1S/C25H19FO3S.C6H7N/c26-30(28,29)20-11-7-18(8-12-20)25(27)19-6-5-17-10-13-22-21-4-2-1-3-16(21)9-14-23(22)24(17)15-19;1-2-4-6-7-5-3-1/h1-4,7-8,10-15,19H,5-6,9H2;1-7H. The fourth-order valence-electron chi connectivity index (χ4n) is 4.93. The molecule has 0 spiro atoms. The number of ketones is 1. The minimum absolute atomic E-state index is 0.0720. The van der Waals surface area contributed by atoms with Gasteiger partial charge in [-0.3, -0.25) is 4.79 Å². The number of halogens is 1. The van der Waals surface area contributed by atoms with Crippen LogP contribution in [-0.4, -0.2) is 14.2 Å². The molecule has 1 atom stereocenters. The van der Waals surface area contributed by atoms with E-state index in [4.69, 9.17) is 0 Å². The van der Waals surface area contributed by atoms with Crippen molar-refractivity contribution in [2.24, 2.45) is 5.92 Å². The van der Waals surface area contributed by atoms with Gasteiger partial charge in [0.1, 0.15) is 0 Å². The molecule has 0 amide bonds. The SMILES string of the molecule is C1=CC=CNC=C1.O=C(c1ccc(S(=O)(=O)F)cc1)C1C=c2c(ccc3c2=CCc2ccccc2-3)CC1. The molecular weight excluding hydrogens is 485 g/mol. The number of carbonyl (C=O) groups is 1. The van der Waals surface area contributed by atoms with Crippen molar-refractivity contribution >= 4 is 28.2 Å². The lowest BCUT2D eigenvalue weighted by molar-refractivity contribution is 0.0946. The van der Waals surface area contributed by atoms with Gasteiger partial charge >= 0.3 is 10.2 Å². The van der Waals surface area contributed by atoms with E-state index in [0.29, 0.717) is 12.0 Å². The Morgan fingerprint density at radius 3 is 2.27 bits per heavy atom. The molecule has 0 fully saturated rings. The van der Waals surface area contributed by atoms with Crippen LogP contribution in [0.2, 0.25) is 0 Å². The normalized spacial score (nSPS) is 16.8. The van der Waals surface area contributed by atoms with Gasteiger partial charge in [0.05, 0.1) is 4.90 Å². The highest BCUT2D eigenvalue weighted by atomic mass is 32.3. The molecule has 6 rings (SSSR count). The number of benzene rings is 3. The number of Topliss-reactive ketones (excluding diaryl/α,β-unsaturated/α-hetero) is 1. The summed E-state index contributed by atoms with van der Waals surface area (Å²) in [6.45, 7) is 0. The molecule has 1 unspecified atom stereocenters. The molecule has 0 bridgehead atoms. The summed E-state index contributed by atoms with van der Waals surface area (Å²) in [6.07, 6.45) is 18.2. The first-order valence-electron chi connectivity index (χ1n) is 12.2. The van der Waals surface area contributed by atoms with Gasteiger partial charge in [-0.05, 0) is 76.2 Å². The van der Waals surface area contributed by atoms with E-state index in [1.54, 1.807) is 0 Å². The zero-order valence-corrected chi connectivity index (χ0v) is 20.9. The topological polar surface area (TPSA) is 63.2 Å². The van der Waals surface area contributed by atoms with Crippen molar-refractivity contribution in [1.82, 2.24) is 5.32 Å². The van der Waals surface area contributed by atoms with Gasteiger partial charge in [-0.2, -0.15) is 8.42 Å². The van der Waals surface area contributed by atoms with Gasteiger partial charge < -0.3 is 5.32 Å². The van der Waals surface area contributed by atoms with E-state index < -0.39 is 15.1 Å². The van der Waals surface area contributed by atoms with E-state index in [0.717, 1.165) is 30.2 Å². The van der Waals surface area contributed by atoms with E-state index in [-0.39, 0.29) is 11.7 Å². The van der Waals surface area contributed by atoms with Crippen LogP contribution in [0.3, 0.4) is 0 Å². The highest BCUT2D eigenvalue weighted by Gasteiger charge is 2.23. The number of hydrogen-bond acceptors (Lipinski definition) is 4. The van der Waals surface area contributed by atoms with Crippen LogP contribution in [0.25, 0.3) is 23.3 Å². The van der Waals surface area contributed by atoms with Crippen LogP contribution in [0.5, 0.6) is 0 Å². The Bertz CT molecular complexity index is 1650. The molecule has 3 aliphatic rings. The average Bonchev–Trinajstić information content (AvgIpc) is 3.25. The van der Waals surface area contributed by atoms with E-state index in [2.05, 4.69) is 41.7 Å². The Morgan fingerprint density at radius 1 is 0.811 bits per heavy atom. The zero-order chi connectivity index (χ0) is 25.8. The minimum atomic E-state index is -4.77. The molecule has 37 heavy (non-hydrogen) atoms. The second-order valence-electron chi connectivity index (χ2n) is 9.07. The first kappa shape index (κ1) is 24.7. The summed E-state index contributed by atoms with van der Waals surface area (Å²) < 4.78 is 35.1. The van der Waals surface area contributed by atoms with Crippen molar-refractivity contribution in [3.63, 3.8) is 0 Å². The van der Waals surface area contributed by atoms with Gasteiger partial charge in [-0.15, -0.1) is 3.89 Å². The molecule has 0 aromatic heterocycles. The van der Waals surface area contributed by atoms with Gasteiger partial charge in [0, 0.05) is 23.9 Å². The molecule has 0 saturated carbocycles. The molecule has 6 heteroatoms. The quantitative estimate of drug-likeness (QED) is 0.407. The highest BCUT2D eigenvalue weighted by molar-refractivity contribution is 7.86. The summed E-state index contributed by atoms with van der Waals surface area (Å²) in [4.78, 5) is 12.6. The number of carbonyl (C=O) groups excluding carboxylic acids is 1. The Labute approximate surface area is 216 Å². The van der Waals surface area contributed by atoms with Gasteiger partial charge in [0.2, 0.25) is 0 Å². The first-order chi connectivity index (χ1) is 17.9. The Balaban J connectivity index is 0.000000348. The predicted octanol–water partition coefficient (Wildman–Crippen LogP) is 4.75. The Hall–Kier alpha value is -4.03. The molecule has 4 nitrogen and oxygen atoms in total. The number of nitrogens with one attached hydrogen (secondary N) is 1. The molecule has 1 heterocycles. The van der Waals surface area contributed by atoms with Crippen molar-refractivity contribution in [2.45, 2.75) is 24.2 Å². The average molecular weight is 512 g/mol. The van der Waals surface area contributed by atoms with Crippen LogP contribution >= 0.6 is 0 Å². The van der Waals surface area contributed by atoms with Gasteiger partial charge in [-0.1, -0.05) is 72.8 Å². The maximum Gasteiger partial charge on any atom is 0.332 e. The summed E-state index contributed by atoms with van der Waals surface area (Å²) in [5.74, 6) is -0.361. The summed E-state index contributed by atoms with van der Waals surface area (Å²) in [6, 6.07) is 17.8. The van der Waals surface area contributed by atoms with Crippen LogP contribution in [0, 0.1) is 5.92 Å². The van der Waals surface area contributed by atoms with Gasteiger partial charge in [0.15, 0.2) is 5.78 Å². The Kier molecular flexibility index (Phi) is 7.01. The molecule has 1 aliphatic heterocycles. The van der Waals surface area contributed by atoms with Crippen molar-refractivity contribution < 1.29 is 17.1 Å². The van der Waals surface area contributed by atoms with Crippen LogP contribution in [0.1, 0.15) is 27.9 Å². The second-order valence-corrected chi connectivity index (χ2v) is 10.4. The summed E-state index contributed by atoms with van der Waals surface area (Å²) in [7, 11) is -4.77. The number of rotatable bonds is 3. The van der Waals surface area contributed by atoms with Crippen molar-refractivity contribution in [1.29, 1.82) is 0 Å². The summed E-state index contributed by atoms with van der Waals surface area (Å²) >= 11 is 0. The molecule has 3 aromatic rings. The second kappa shape index (κ2) is 10.5.